The van der Waals surface area contributed by atoms with Gasteiger partial charge in [0.25, 0.3) is 0 Å². The second-order valence-corrected chi connectivity index (χ2v) is 5.78. The Kier molecular flexibility index (Phi) is 5.31. The minimum Gasteiger partial charge on any atom is -0.496 e. The van der Waals surface area contributed by atoms with E-state index in [4.69, 9.17) is 4.74 Å². The number of thioether (sulfide) groups is 1. The molecule has 0 spiro atoms. The Labute approximate surface area is 124 Å². The molecule has 1 aliphatic heterocycles. The van der Waals surface area contributed by atoms with Gasteiger partial charge in [-0.1, -0.05) is 25.1 Å². The number of amides is 1. The third-order valence-electron chi connectivity index (χ3n) is 3.63. The van der Waals surface area contributed by atoms with Crippen molar-refractivity contribution in [3.63, 3.8) is 0 Å². The fourth-order valence-electron chi connectivity index (χ4n) is 2.55. The molecule has 1 saturated heterocycles. The molecule has 2 rings (SSSR count). The number of nitrogens with zero attached hydrogens (tertiary/aromatic N) is 1. The van der Waals surface area contributed by atoms with E-state index in [2.05, 4.69) is 11.6 Å². The van der Waals surface area contributed by atoms with Crippen molar-refractivity contribution in [1.29, 1.82) is 0 Å². The first-order chi connectivity index (χ1) is 9.72. The maximum Gasteiger partial charge on any atom is 0.241 e. The first kappa shape index (κ1) is 15.2. The lowest BCUT2D eigenvalue weighted by Crippen LogP contribution is -2.33. The summed E-state index contributed by atoms with van der Waals surface area (Å²) in [6.07, 6.45) is 2.78. The molecule has 110 valence electrons. The fraction of sp³-hybridized carbons (Fsp3) is 0.533. The molecule has 0 radical (unpaired) electrons. The van der Waals surface area contributed by atoms with E-state index in [1.54, 1.807) is 18.9 Å². The molecule has 20 heavy (non-hydrogen) atoms. The van der Waals surface area contributed by atoms with Crippen molar-refractivity contribution in [1.82, 2.24) is 10.2 Å². The van der Waals surface area contributed by atoms with Crippen molar-refractivity contribution in [2.45, 2.75) is 25.6 Å². The van der Waals surface area contributed by atoms with Crippen LogP contribution in [0.3, 0.4) is 0 Å². The van der Waals surface area contributed by atoms with Crippen molar-refractivity contribution in [3.8, 4) is 5.75 Å². The highest BCUT2D eigenvalue weighted by atomic mass is 32.2. The van der Waals surface area contributed by atoms with E-state index < -0.39 is 0 Å². The Morgan fingerprint density at radius 2 is 2.15 bits per heavy atom. The van der Waals surface area contributed by atoms with Crippen LogP contribution < -0.4 is 10.1 Å². The van der Waals surface area contributed by atoms with Gasteiger partial charge in [-0.15, -0.1) is 0 Å². The molecule has 0 saturated carbocycles. The van der Waals surface area contributed by atoms with Crippen molar-refractivity contribution in [3.05, 3.63) is 29.8 Å². The van der Waals surface area contributed by atoms with Crippen LogP contribution in [-0.2, 0) is 4.79 Å². The van der Waals surface area contributed by atoms with Gasteiger partial charge in [-0.25, -0.2) is 0 Å². The number of hydrogen-bond acceptors (Lipinski definition) is 4. The second kappa shape index (κ2) is 6.99. The minimum absolute atomic E-state index is 0.0873. The zero-order valence-corrected chi connectivity index (χ0v) is 13.1. The largest absolute Gasteiger partial charge is 0.496 e. The molecule has 1 N–H and O–H groups in total. The first-order valence-electron chi connectivity index (χ1n) is 6.91. The molecule has 0 bridgehead atoms. The van der Waals surface area contributed by atoms with Gasteiger partial charge in [0.05, 0.1) is 13.2 Å². The van der Waals surface area contributed by atoms with Gasteiger partial charge in [0.1, 0.15) is 11.9 Å². The summed E-state index contributed by atoms with van der Waals surface area (Å²) < 4.78 is 5.43. The molecule has 1 heterocycles. The van der Waals surface area contributed by atoms with Crippen LogP contribution in [0.5, 0.6) is 5.75 Å². The lowest BCUT2D eigenvalue weighted by atomic mass is 10.1. The summed E-state index contributed by atoms with van der Waals surface area (Å²) >= 11 is 1.75. The maximum atomic E-state index is 12.4. The zero-order valence-electron chi connectivity index (χ0n) is 12.3. The number of carbonyl (C=O) groups excluding carboxylic acids is 1. The predicted octanol–water partition coefficient (Wildman–Crippen LogP) is 2.27. The van der Waals surface area contributed by atoms with Crippen molar-refractivity contribution >= 4 is 17.7 Å². The van der Waals surface area contributed by atoms with Gasteiger partial charge in [0.2, 0.25) is 5.91 Å². The molecule has 1 fully saturated rings. The molecule has 5 heteroatoms. The van der Waals surface area contributed by atoms with Crippen LogP contribution in [0, 0.1) is 0 Å². The molecule has 2 atom stereocenters. The maximum absolute atomic E-state index is 12.4. The smallest absolute Gasteiger partial charge is 0.241 e. The van der Waals surface area contributed by atoms with Crippen LogP contribution in [0.2, 0.25) is 0 Å². The van der Waals surface area contributed by atoms with Crippen molar-refractivity contribution in [2.24, 2.45) is 0 Å². The number of para-hydroxylation sites is 1. The molecule has 0 aromatic heterocycles. The molecule has 1 aromatic carbocycles. The van der Waals surface area contributed by atoms with Gasteiger partial charge in [-0.3, -0.25) is 10.1 Å². The van der Waals surface area contributed by atoms with Gasteiger partial charge >= 0.3 is 0 Å². The van der Waals surface area contributed by atoms with E-state index in [-0.39, 0.29) is 18.1 Å². The van der Waals surface area contributed by atoms with E-state index >= 15 is 0 Å². The van der Waals surface area contributed by atoms with Gasteiger partial charge in [-0.05, 0) is 18.7 Å². The van der Waals surface area contributed by atoms with Crippen LogP contribution in [0.4, 0.5) is 0 Å². The van der Waals surface area contributed by atoms with E-state index in [0.717, 1.165) is 30.0 Å². The molecule has 1 aliphatic rings. The Morgan fingerprint density at radius 1 is 1.40 bits per heavy atom. The van der Waals surface area contributed by atoms with E-state index in [0.29, 0.717) is 0 Å². The Bertz CT molecular complexity index is 467. The summed E-state index contributed by atoms with van der Waals surface area (Å²) in [4.78, 5) is 14.4. The number of rotatable bonds is 6. The quantitative estimate of drug-likeness (QED) is 0.874. The predicted molar refractivity (Wildman–Crippen MR) is 83.0 cm³/mol. The Balaban J connectivity index is 2.29. The topological polar surface area (TPSA) is 41.6 Å². The normalized spacial score (nSPS) is 22.4. The van der Waals surface area contributed by atoms with E-state index in [9.17, 15) is 4.79 Å². The number of carbonyl (C=O) groups is 1. The van der Waals surface area contributed by atoms with Crippen LogP contribution in [0.25, 0.3) is 0 Å². The molecule has 2 unspecified atom stereocenters. The standard InChI is InChI=1S/C15H22N2O2S/c1-4-12-15(18)17(9-10-20-3)14(16-12)11-7-5-6-8-13(11)19-2/h5-8,12,14,16H,4,9-10H2,1-3H3. The van der Waals surface area contributed by atoms with Gasteiger partial charge in [0, 0.05) is 17.9 Å². The van der Waals surface area contributed by atoms with Gasteiger partial charge in [0.15, 0.2) is 0 Å². The Hall–Kier alpha value is -1.20. The van der Waals surface area contributed by atoms with Crippen molar-refractivity contribution in [2.75, 3.05) is 25.7 Å². The van der Waals surface area contributed by atoms with Gasteiger partial charge in [-0.2, -0.15) is 11.8 Å². The minimum atomic E-state index is -0.0910. The highest BCUT2D eigenvalue weighted by Crippen LogP contribution is 2.32. The molecule has 1 amide bonds. The summed E-state index contributed by atoms with van der Waals surface area (Å²) in [6.45, 7) is 2.79. The molecular formula is C15H22N2O2S. The average molecular weight is 294 g/mol. The monoisotopic (exact) mass is 294 g/mol. The summed E-state index contributed by atoms with van der Waals surface area (Å²) in [5, 5.41) is 3.43. The summed E-state index contributed by atoms with van der Waals surface area (Å²) in [6, 6.07) is 7.80. The number of benzene rings is 1. The molecule has 1 aromatic rings. The van der Waals surface area contributed by atoms with Crippen LogP contribution in [-0.4, -0.2) is 42.5 Å². The van der Waals surface area contributed by atoms with Crippen LogP contribution in [0.15, 0.2) is 24.3 Å². The molecular weight excluding hydrogens is 272 g/mol. The third kappa shape index (κ3) is 2.94. The zero-order chi connectivity index (χ0) is 14.5. The summed E-state index contributed by atoms with van der Waals surface area (Å²) in [7, 11) is 1.67. The Morgan fingerprint density at radius 3 is 2.80 bits per heavy atom. The fourth-order valence-corrected chi connectivity index (χ4v) is 2.93. The number of hydrogen-bond donors (Lipinski definition) is 1. The number of nitrogens with one attached hydrogen (secondary N) is 1. The van der Waals surface area contributed by atoms with E-state index in [1.807, 2.05) is 36.1 Å². The van der Waals surface area contributed by atoms with E-state index in [1.165, 1.54) is 0 Å². The summed E-state index contributed by atoms with van der Waals surface area (Å²) in [5.74, 6) is 1.95. The summed E-state index contributed by atoms with van der Waals surface area (Å²) in [5.41, 5.74) is 1.03. The SMILES string of the molecule is CCC1NC(c2ccccc2OC)N(CCSC)C1=O. The average Bonchev–Trinajstić information content (AvgIpc) is 2.81. The lowest BCUT2D eigenvalue weighted by Gasteiger charge is -2.25. The third-order valence-corrected chi connectivity index (χ3v) is 4.22. The van der Waals surface area contributed by atoms with Gasteiger partial charge < -0.3 is 9.64 Å². The second-order valence-electron chi connectivity index (χ2n) is 4.80. The highest BCUT2D eigenvalue weighted by molar-refractivity contribution is 7.98. The highest BCUT2D eigenvalue weighted by Gasteiger charge is 2.39. The first-order valence-corrected chi connectivity index (χ1v) is 8.30. The molecule has 4 nitrogen and oxygen atoms in total. The number of ether oxygens (including phenoxy) is 1. The van der Waals surface area contributed by atoms with Crippen molar-refractivity contribution < 1.29 is 9.53 Å². The van der Waals surface area contributed by atoms with Crippen LogP contribution in [0.1, 0.15) is 25.1 Å². The van der Waals surface area contributed by atoms with Crippen LogP contribution >= 0.6 is 11.8 Å². The lowest BCUT2D eigenvalue weighted by molar-refractivity contribution is -0.129. The number of methoxy groups -OCH3 is 1. The molecule has 0 aliphatic carbocycles.